The molecule has 8 nitrogen and oxygen atoms in total. The molecule has 0 bridgehead atoms. The van der Waals surface area contributed by atoms with Gasteiger partial charge in [0.15, 0.2) is 17.6 Å². The molecule has 0 aliphatic carbocycles. The molecule has 1 unspecified atom stereocenters. The number of oxazole rings is 1. The minimum Gasteiger partial charge on any atom is -0.493 e. The van der Waals surface area contributed by atoms with Crippen molar-refractivity contribution in [3.05, 3.63) is 77.5 Å². The number of aryl methyl sites for hydroxylation is 1. The van der Waals surface area contributed by atoms with Crippen molar-refractivity contribution in [2.45, 2.75) is 38.4 Å². The van der Waals surface area contributed by atoms with E-state index in [0.717, 1.165) is 30.4 Å². The molecule has 0 saturated carbocycles. The monoisotopic (exact) mass is 462 g/mol. The number of cyclic esters (lactones) is 1. The number of methoxy groups -OCH3 is 1. The zero-order chi connectivity index (χ0) is 23.8. The van der Waals surface area contributed by atoms with Crippen molar-refractivity contribution >= 4 is 24.2 Å². The van der Waals surface area contributed by atoms with Crippen molar-refractivity contribution < 1.29 is 28.2 Å². The Kier molecular flexibility index (Phi) is 7.60. The van der Waals surface area contributed by atoms with Gasteiger partial charge in [-0.25, -0.2) is 9.78 Å². The molecular formula is C26H26N2O6. The maximum atomic E-state index is 11.6. The summed E-state index contributed by atoms with van der Waals surface area (Å²) in [6, 6.07) is 15.7. The molecule has 1 aliphatic heterocycles. The zero-order valence-electron chi connectivity index (χ0n) is 18.9. The molecule has 1 aliphatic rings. The molecule has 2 amide bonds. The number of ether oxygens (including phenoxy) is 3. The number of nitrogens with one attached hydrogen (secondary N) is 1. The van der Waals surface area contributed by atoms with E-state index in [1.807, 2.05) is 60.7 Å². The van der Waals surface area contributed by atoms with Gasteiger partial charge >= 0.3 is 6.09 Å². The van der Waals surface area contributed by atoms with Gasteiger partial charge in [-0.1, -0.05) is 36.4 Å². The number of unbranched alkanes of at least 4 members (excludes halogenated alkanes) is 1. The van der Waals surface area contributed by atoms with E-state index in [1.54, 1.807) is 13.4 Å². The number of imide groups is 1. The Morgan fingerprint density at radius 3 is 2.68 bits per heavy atom. The van der Waals surface area contributed by atoms with Crippen LogP contribution >= 0.6 is 0 Å². The van der Waals surface area contributed by atoms with Crippen LogP contribution in [-0.2, 0) is 22.6 Å². The maximum Gasteiger partial charge on any atom is 0.414 e. The number of hydrogen-bond acceptors (Lipinski definition) is 7. The predicted molar refractivity (Wildman–Crippen MR) is 125 cm³/mol. The lowest BCUT2D eigenvalue weighted by Gasteiger charge is -2.12. The summed E-state index contributed by atoms with van der Waals surface area (Å²) in [5.41, 5.74) is 2.81. The summed E-state index contributed by atoms with van der Waals surface area (Å²) in [5, 5.41) is 2.14. The molecule has 2 heterocycles. The van der Waals surface area contributed by atoms with Gasteiger partial charge in [-0.05, 0) is 55.0 Å². The first kappa shape index (κ1) is 23.1. The van der Waals surface area contributed by atoms with E-state index in [2.05, 4.69) is 10.3 Å². The van der Waals surface area contributed by atoms with Gasteiger partial charge in [0, 0.05) is 6.08 Å². The molecule has 34 heavy (non-hydrogen) atoms. The summed E-state index contributed by atoms with van der Waals surface area (Å²) >= 11 is 0. The third-order valence-corrected chi connectivity index (χ3v) is 5.34. The topological polar surface area (TPSA) is 99.9 Å². The second-order valence-electron chi connectivity index (χ2n) is 7.82. The van der Waals surface area contributed by atoms with Crippen molar-refractivity contribution in [1.29, 1.82) is 0 Å². The maximum absolute atomic E-state index is 11.6. The van der Waals surface area contributed by atoms with Gasteiger partial charge in [-0.3, -0.25) is 10.1 Å². The number of nitrogens with zero attached hydrogens (tertiary/aromatic N) is 1. The van der Waals surface area contributed by atoms with Crippen molar-refractivity contribution in [3.63, 3.8) is 0 Å². The highest BCUT2D eigenvalue weighted by molar-refractivity contribution is 5.99. The summed E-state index contributed by atoms with van der Waals surface area (Å²) in [4.78, 5) is 27.1. The van der Waals surface area contributed by atoms with E-state index < -0.39 is 12.2 Å². The van der Waals surface area contributed by atoms with Gasteiger partial charge < -0.3 is 18.6 Å². The molecule has 176 valence electrons. The van der Waals surface area contributed by atoms with Crippen LogP contribution in [0.5, 0.6) is 11.5 Å². The largest absolute Gasteiger partial charge is 0.493 e. The molecule has 3 aromatic rings. The third-order valence-electron chi connectivity index (χ3n) is 5.34. The van der Waals surface area contributed by atoms with Crippen LogP contribution in [-0.4, -0.2) is 30.2 Å². The molecule has 1 aromatic heterocycles. The normalized spacial score (nSPS) is 15.4. The first-order chi connectivity index (χ1) is 16.6. The predicted octanol–water partition coefficient (Wildman–Crippen LogP) is 4.78. The number of hydrogen-bond donors (Lipinski definition) is 1. The molecule has 8 heteroatoms. The van der Waals surface area contributed by atoms with Crippen molar-refractivity contribution in [1.82, 2.24) is 10.3 Å². The van der Waals surface area contributed by atoms with Crippen LogP contribution in [0.2, 0.25) is 0 Å². The number of carbonyl (C=O) groups is 2. The minimum absolute atomic E-state index is 0.241. The first-order valence-electron chi connectivity index (χ1n) is 11.1. The second kappa shape index (κ2) is 11.2. The highest BCUT2D eigenvalue weighted by Crippen LogP contribution is 2.29. The summed E-state index contributed by atoms with van der Waals surface area (Å²) < 4.78 is 21.8. The van der Waals surface area contributed by atoms with Crippen molar-refractivity contribution in [2.24, 2.45) is 0 Å². The summed E-state index contributed by atoms with van der Waals surface area (Å²) in [7, 11) is 1.60. The Balaban J connectivity index is 1.29. The van der Waals surface area contributed by atoms with Crippen LogP contribution in [0.4, 0.5) is 4.79 Å². The van der Waals surface area contributed by atoms with Gasteiger partial charge in [0.2, 0.25) is 5.89 Å². The standard InChI is InChI=1S/C26H26N2O6/c1-31-21-13-11-19(9-5-6-10-22-25(29)28-26(30)34-22)15-23(21)32-16-20-17-33-24(27-20)14-12-18-7-3-2-4-8-18/h2-4,7-8,11-15,17,22H,5-6,9-10,16H2,1H3,(H,28,29,30)/b14-12+. The summed E-state index contributed by atoms with van der Waals surface area (Å²) in [6.45, 7) is 0.241. The zero-order valence-corrected chi connectivity index (χ0v) is 18.9. The highest BCUT2D eigenvalue weighted by Gasteiger charge is 2.31. The van der Waals surface area contributed by atoms with E-state index in [-0.39, 0.29) is 12.5 Å². The average Bonchev–Trinajstić information content (AvgIpc) is 3.44. The lowest BCUT2D eigenvalue weighted by molar-refractivity contribution is -0.123. The average molecular weight is 463 g/mol. The second-order valence-corrected chi connectivity index (χ2v) is 7.82. The van der Waals surface area contributed by atoms with Crippen LogP contribution in [0.15, 0.2) is 59.2 Å². The van der Waals surface area contributed by atoms with E-state index in [4.69, 9.17) is 18.6 Å². The SMILES string of the molecule is COc1ccc(CCCCC2OC(=O)NC2=O)cc1OCc1coc(/C=C/c2ccccc2)n1. The smallest absolute Gasteiger partial charge is 0.414 e. The van der Waals surface area contributed by atoms with Crippen LogP contribution < -0.4 is 14.8 Å². The molecular weight excluding hydrogens is 436 g/mol. The van der Waals surface area contributed by atoms with Gasteiger partial charge in [0.05, 0.1) is 7.11 Å². The fourth-order valence-electron chi connectivity index (χ4n) is 3.58. The molecule has 1 atom stereocenters. The Bertz CT molecular complexity index is 1160. The number of rotatable bonds is 11. The van der Waals surface area contributed by atoms with Crippen LogP contribution in [0.3, 0.4) is 0 Å². The Morgan fingerprint density at radius 1 is 1.06 bits per heavy atom. The molecule has 1 fully saturated rings. The van der Waals surface area contributed by atoms with E-state index in [0.29, 0.717) is 29.5 Å². The first-order valence-corrected chi connectivity index (χ1v) is 11.1. The van der Waals surface area contributed by atoms with Crippen LogP contribution in [0.25, 0.3) is 12.2 Å². The molecule has 1 saturated heterocycles. The number of carbonyl (C=O) groups excluding carboxylic acids is 2. The molecule has 0 radical (unpaired) electrons. The summed E-state index contributed by atoms with van der Waals surface area (Å²) in [5.74, 6) is 1.39. The number of alkyl carbamates (subject to hydrolysis) is 1. The lowest BCUT2D eigenvalue weighted by atomic mass is 10.0. The number of benzene rings is 2. The van der Waals surface area contributed by atoms with Crippen molar-refractivity contribution in [2.75, 3.05) is 7.11 Å². The van der Waals surface area contributed by atoms with E-state index >= 15 is 0 Å². The Hall–Kier alpha value is -4.07. The number of amides is 2. The molecule has 4 rings (SSSR count). The van der Waals surface area contributed by atoms with Crippen molar-refractivity contribution in [3.8, 4) is 11.5 Å². The minimum atomic E-state index is -0.683. The van der Waals surface area contributed by atoms with Gasteiger partial charge in [0.1, 0.15) is 18.6 Å². The summed E-state index contributed by atoms with van der Waals surface area (Å²) in [6.07, 6.45) is 6.87. The van der Waals surface area contributed by atoms with Crippen LogP contribution in [0, 0.1) is 0 Å². The lowest BCUT2D eigenvalue weighted by Crippen LogP contribution is -2.24. The third kappa shape index (κ3) is 6.25. The van der Waals surface area contributed by atoms with Crippen LogP contribution in [0.1, 0.15) is 42.0 Å². The molecule has 1 N–H and O–H groups in total. The van der Waals surface area contributed by atoms with Gasteiger partial charge in [0.25, 0.3) is 5.91 Å². The quantitative estimate of drug-likeness (QED) is 0.409. The molecule has 0 spiro atoms. The Labute approximate surface area is 197 Å². The van der Waals surface area contributed by atoms with Gasteiger partial charge in [-0.2, -0.15) is 0 Å². The fourth-order valence-corrected chi connectivity index (χ4v) is 3.58. The highest BCUT2D eigenvalue weighted by atomic mass is 16.6. The molecule has 2 aromatic carbocycles. The Morgan fingerprint density at radius 2 is 1.91 bits per heavy atom. The fraction of sp³-hybridized carbons (Fsp3) is 0.269. The number of aromatic nitrogens is 1. The van der Waals surface area contributed by atoms with Gasteiger partial charge in [-0.15, -0.1) is 0 Å². The van der Waals surface area contributed by atoms with E-state index in [9.17, 15) is 9.59 Å². The van der Waals surface area contributed by atoms with E-state index in [1.165, 1.54) is 0 Å².